The molecule has 4 N–H and O–H groups in total. The third kappa shape index (κ3) is 2.41. The van der Waals surface area contributed by atoms with E-state index < -0.39 is 5.97 Å². The summed E-state index contributed by atoms with van der Waals surface area (Å²) in [6, 6.07) is 4.72. The number of benzene rings is 1. The van der Waals surface area contributed by atoms with Crippen molar-refractivity contribution in [3.8, 4) is 0 Å². The highest BCUT2D eigenvalue weighted by Crippen LogP contribution is 2.29. The van der Waals surface area contributed by atoms with Gasteiger partial charge in [-0.3, -0.25) is 0 Å². The van der Waals surface area contributed by atoms with Crippen LogP contribution in [0.5, 0.6) is 0 Å². The molecule has 0 aliphatic carbocycles. The minimum Gasteiger partial charge on any atom is -0.478 e. The van der Waals surface area contributed by atoms with E-state index in [-0.39, 0.29) is 17.6 Å². The van der Waals surface area contributed by atoms with Gasteiger partial charge in [-0.2, -0.15) is 0 Å². The lowest BCUT2D eigenvalue weighted by atomic mass is 9.96. The average molecular weight is 250 g/mol. The zero-order valence-corrected chi connectivity index (χ0v) is 10.3. The quantitative estimate of drug-likeness (QED) is 0.686. The molecule has 5 heteroatoms. The van der Waals surface area contributed by atoms with E-state index in [4.69, 9.17) is 10.8 Å². The van der Waals surface area contributed by atoms with Crippen LogP contribution in [0.4, 0.5) is 11.4 Å². The highest BCUT2D eigenvalue weighted by molar-refractivity contribution is 5.90. The number of hydrogen-bond acceptors (Lipinski definition) is 4. The maximum atomic E-state index is 11.0. The molecule has 2 rings (SSSR count). The van der Waals surface area contributed by atoms with Crippen LogP contribution in [0.3, 0.4) is 0 Å². The first kappa shape index (κ1) is 12.7. The van der Waals surface area contributed by atoms with Crippen LogP contribution in [0.1, 0.15) is 23.7 Å². The smallest absolute Gasteiger partial charge is 0.335 e. The van der Waals surface area contributed by atoms with Crippen molar-refractivity contribution in [3.05, 3.63) is 23.8 Å². The minimum atomic E-state index is -0.957. The number of carboxylic acids is 1. The third-order valence-electron chi connectivity index (χ3n) is 3.48. The van der Waals surface area contributed by atoms with Crippen molar-refractivity contribution in [2.75, 3.05) is 23.7 Å². The number of anilines is 2. The van der Waals surface area contributed by atoms with Crippen molar-refractivity contribution in [2.24, 2.45) is 5.92 Å². The predicted molar refractivity (Wildman–Crippen MR) is 69.8 cm³/mol. The van der Waals surface area contributed by atoms with Crippen molar-refractivity contribution < 1.29 is 15.0 Å². The number of piperidine rings is 1. The molecule has 5 nitrogen and oxygen atoms in total. The summed E-state index contributed by atoms with van der Waals surface area (Å²) in [4.78, 5) is 13.0. The normalized spacial score (nSPS) is 24.0. The topological polar surface area (TPSA) is 86.8 Å². The Morgan fingerprint density at radius 3 is 2.83 bits per heavy atom. The van der Waals surface area contributed by atoms with Crippen molar-refractivity contribution in [3.63, 3.8) is 0 Å². The molecule has 18 heavy (non-hydrogen) atoms. The van der Waals surface area contributed by atoms with Gasteiger partial charge in [-0.1, -0.05) is 6.92 Å². The Labute approximate surface area is 106 Å². The molecule has 1 aliphatic heterocycles. The summed E-state index contributed by atoms with van der Waals surface area (Å²) in [5.74, 6) is -0.798. The van der Waals surface area contributed by atoms with Gasteiger partial charge in [0.05, 0.1) is 23.0 Å². The molecule has 1 aromatic rings. The van der Waals surface area contributed by atoms with Crippen molar-refractivity contribution in [1.29, 1.82) is 0 Å². The first-order chi connectivity index (χ1) is 8.49. The van der Waals surface area contributed by atoms with Gasteiger partial charge >= 0.3 is 5.97 Å². The van der Waals surface area contributed by atoms with E-state index in [1.165, 1.54) is 6.07 Å². The molecule has 0 aromatic heterocycles. The Hall–Kier alpha value is -1.75. The van der Waals surface area contributed by atoms with Crippen LogP contribution in [0.25, 0.3) is 0 Å². The van der Waals surface area contributed by atoms with Gasteiger partial charge in [-0.25, -0.2) is 4.79 Å². The lowest BCUT2D eigenvalue weighted by molar-refractivity contribution is 0.0696. The van der Waals surface area contributed by atoms with Crippen LogP contribution >= 0.6 is 0 Å². The summed E-state index contributed by atoms with van der Waals surface area (Å²) in [5.41, 5.74) is 7.45. The number of nitrogens with zero attached hydrogens (tertiary/aromatic N) is 1. The molecule has 1 fully saturated rings. The van der Waals surface area contributed by atoms with E-state index in [1.807, 2.05) is 11.8 Å². The Morgan fingerprint density at radius 2 is 2.22 bits per heavy atom. The zero-order valence-electron chi connectivity index (χ0n) is 10.3. The fourth-order valence-electron chi connectivity index (χ4n) is 2.30. The molecule has 98 valence electrons. The van der Waals surface area contributed by atoms with Crippen LogP contribution in [0.2, 0.25) is 0 Å². The largest absolute Gasteiger partial charge is 0.478 e. The fraction of sp³-hybridized carbons (Fsp3) is 0.462. The van der Waals surface area contributed by atoms with Gasteiger partial charge in [0.25, 0.3) is 0 Å². The number of aliphatic hydroxyl groups excluding tert-OH is 1. The number of hydrogen-bond donors (Lipinski definition) is 3. The SMILES string of the molecule is CC1CN(c2cc(C(=O)O)ccc2N)CCC1O. The molecule has 1 saturated heterocycles. The van der Waals surface area contributed by atoms with E-state index in [9.17, 15) is 9.90 Å². The van der Waals surface area contributed by atoms with Crippen LogP contribution in [-0.4, -0.2) is 35.4 Å². The summed E-state index contributed by atoms with van der Waals surface area (Å²) in [7, 11) is 0. The van der Waals surface area contributed by atoms with E-state index >= 15 is 0 Å². The van der Waals surface area contributed by atoms with E-state index in [0.717, 1.165) is 5.69 Å². The highest BCUT2D eigenvalue weighted by atomic mass is 16.4. The summed E-state index contributed by atoms with van der Waals surface area (Å²) in [6.07, 6.45) is 0.392. The number of carbonyl (C=O) groups is 1. The monoisotopic (exact) mass is 250 g/mol. The van der Waals surface area contributed by atoms with Gasteiger partial charge in [0.1, 0.15) is 0 Å². The molecular formula is C13H18N2O3. The number of aromatic carboxylic acids is 1. The maximum absolute atomic E-state index is 11.0. The molecule has 2 unspecified atom stereocenters. The van der Waals surface area contributed by atoms with Crippen LogP contribution in [0, 0.1) is 5.92 Å². The number of nitrogens with two attached hydrogens (primary N) is 1. The lowest BCUT2D eigenvalue weighted by Gasteiger charge is -2.36. The standard InChI is InChI=1S/C13H18N2O3/c1-8-7-15(5-4-12(8)16)11-6-9(13(17)18)2-3-10(11)14/h2-3,6,8,12,16H,4-5,7,14H2,1H3,(H,17,18). The first-order valence-corrected chi connectivity index (χ1v) is 6.05. The summed E-state index contributed by atoms with van der Waals surface area (Å²) < 4.78 is 0. The van der Waals surface area contributed by atoms with Gasteiger partial charge in [0.2, 0.25) is 0 Å². The molecule has 0 saturated carbocycles. The molecule has 0 radical (unpaired) electrons. The molecule has 2 atom stereocenters. The maximum Gasteiger partial charge on any atom is 0.335 e. The summed E-state index contributed by atoms with van der Waals surface area (Å²) in [5, 5.41) is 18.7. The minimum absolute atomic E-state index is 0.159. The number of aliphatic hydroxyl groups is 1. The zero-order chi connectivity index (χ0) is 13.3. The molecule has 1 heterocycles. The van der Waals surface area contributed by atoms with Gasteiger partial charge in [-0.15, -0.1) is 0 Å². The summed E-state index contributed by atoms with van der Waals surface area (Å²) >= 11 is 0. The average Bonchev–Trinajstić information content (AvgIpc) is 2.33. The van der Waals surface area contributed by atoms with E-state index in [0.29, 0.717) is 25.2 Å². The van der Waals surface area contributed by atoms with Gasteiger partial charge < -0.3 is 20.8 Å². The number of nitrogen functional groups attached to an aromatic ring is 1. The molecule has 1 aromatic carbocycles. The molecule has 0 bridgehead atoms. The first-order valence-electron chi connectivity index (χ1n) is 6.05. The van der Waals surface area contributed by atoms with E-state index in [1.54, 1.807) is 12.1 Å². The molecule has 0 amide bonds. The van der Waals surface area contributed by atoms with Gasteiger partial charge in [0.15, 0.2) is 0 Å². The highest BCUT2D eigenvalue weighted by Gasteiger charge is 2.25. The van der Waals surface area contributed by atoms with Crippen molar-refractivity contribution in [2.45, 2.75) is 19.4 Å². The Kier molecular flexibility index (Phi) is 3.43. The second-order valence-electron chi connectivity index (χ2n) is 4.86. The molecule has 0 spiro atoms. The Morgan fingerprint density at radius 1 is 1.50 bits per heavy atom. The Bertz CT molecular complexity index is 462. The van der Waals surface area contributed by atoms with Crippen LogP contribution in [0.15, 0.2) is 18.2 Å². The number of carboxylic acid groups (broad SMARTS) is 1. The second kappa shape index (κ2) is 4.86. The van der Waals surface area contributed by atoms with Crippen LogP contribution in [-0.2, 0) is 0 Å². The summed E-state index contributed by atoms with van der Waals surface area (Å²) in [6.45, 7) is 3.36. The lowest BCUT2D eigenvalue weighted by Crippen LogP contribution is -2.42. The van der Waals surface area contributed by atoms with Crippen molar-refractivity contribution in [1.82, 2.24) is 0 Å². The molecular weight excluding hydrogens is 232 g/mol. The fourth-order valence-corrected chi connectivity index (χ4v) is 2.30. The predicted octanol–water partition coefficient (Wildman–Crippen LogP) is 1.17. The molecule has 1 aliphatic rings. The number of rotatable bonds is 2. The second-order valence-corrected chi connectivity index (χ2v) is 4.86. The van der Waals surface area contributed by atoms with E-state index in [2.05, 4.69) is 0 Å². The van der Waals surface area contributed by atoms with Crippen molar-refractivity contribution >= 4 is 17.3 Å². The van der Waals surface area contributed by atoms with Gasteiger partial charge in [0, 0.05) is 13.1 Å². The third-order valence-corrected chi connectivity index (χ3v) is 3.48. The Balaban J connectivity index is 2.27. The van der Waals surface area contributed by atoms with Crippen LogP contribution < -0.4 is 10.6 Å². The van der Waals surface area contributed by atoms with Gasteiger partial charge in [-0.05, 0) is 30.5 Å².